The number of nitrogens with one attached hydrogen (secondary N) is 1. The molecule has 1 aliphatic heterocycles. The predicted molar refractivity (Wildman–Crippen MR) is 129 cm³/mol. The molecule has 7 heteroatoms. The van der Waals surface area contributed by atoms with Crippen molar-refractivity contribution in [3.63, 3.8) is 0 Å². The van der Waals surface area contributed by atoms with E-state index in [4.69, 9.17) is 27.9 Å². The number of amidine groups is 1. The topological polar surface area (TPSA) is 50.7 Å². The molecule has 156 valence electrons. The highest BCUT2D eigenvalue weighted by Crippen LogP contribution is 2.31. The Morgan fingerprint density at radius 3 is 2.52 bits per heavy atom. The second kappa shape index (κ2) is 9.60. The van der Waals surface area contributed by atoms with E-state index in [9.17, 15) is 4.79 Å². The monoisotopic (exact) mass is 468 g/mol. The van der Waals surface area contributed by atoms with Gasteiger partial charge in [0.25, 0.3) is 5.91 Å². The maximum Gasteiger partial charge on any atom is 0.264 e. The largest absolute Gasteiger partial charge is 0.489 e. The van der Waals surface area contributed by atoms with Crippen LogP contribution in [0, 0.1) is 6.92 Å². The van der Waals surface area contributed by atoms with E-state index in [0.717, 1.165) is 28.1 Å². The van der Waals surface area contributed by atoms with Gasteiger partial charge in [0, 0.05) is 15.6 Å². The molecular weight excluding hydrogens is 451 g/mol. The molecule has 0 bridgehead atoms. The van der Waals surface area contributed by atoms with E-state index in [1.54, 1.807) is 0 Å². The number of aliphatic imine (C=N–C) groups is 1. The van der Waals surface area contributed by atoms with Crippen molar-refractivity contribution in [1.29, 1.82) is 0 Å². The van der Waals surface area contributed by atoms with Crippen molar-refractivity contribution in [2.24, 2.45) is 4.99 Å². The molecule has 0 aromatic heterocycles. The lowest BCUT2D eigenvalue weighted by molar-refractivity contribution is -0.115. The number of hydrogen-bond acceptors (Lipinski definition) is 4. The summed E-state index contributed by atoms with van der Waals surface area (Å²) < 4.78 is 5.80. The number of ether oxygens (including phenoxy) is 1. The van der Waals surface area contributed by atoms with Gasteiger partial charge in [-0.25, -0.2) is 4.99 Å². The van der Waals surface area contributed by atoms with Gasteiger partial charge >= 0.3 is 0 Å². The van der Waals surface area contributed by atoms with Crippen molar-refractivity contribution in [1.82, 2.24) is 5.32 Å². The summed E-state index contributed by atoms with van der Waals surface area (Å²) in [4.78, 5) is 17.4. The molecule has 0 unspecified atom stereocenters. The summed E-state index contributed by atoms with van der Waals surface area (Å²) in [5, 5.41) is 4.65. The van der Waals surface area contributed by atoms with Crippen LogP contribution in [-0.4, -0.2) is 11.1 Å². The Bertz CT molecular complexity index is 1190. The quantitative estimate of drug-likeness (QED) is 0.420. The fourth-order valence-electron chi connectivity index (χ4n) is 2.90. The van der Waals surface area contributed by atoms with Crippen LogP contribution in [0.25, 0.3) is 6.08 Å². The first-order valence-electron chi connectivity index (χ1n) is 9.50. The Morgan fingerprint density at radius 1 is 1.00 bits per heavy atom. The van der Waals surface area contributed by atoms with E-state index in [1.807, 2.05) is 79.7 Å². The summed E-state index contributed by atoms with van der Waals surface area (Å²) in [6.45, 7) is 2.29. The van der Waals surface area contributed by atoms with Crippen LogP contribution in [0.3, 0.4) is 0 Å². The van der Waals surface area contributed by atoms with Crippen LogP contribution < -0.4 is 10.1 Å². The third-order valence-electron chi connectivity index (χ3n) is 4.64. The average Bonchev–Trinajstić information content (AvgIpc) is 3.10. The molecule has 31 heavy (non-hydrogen) atoms. The van der Waals surface area contributed by atoms with Gasteiger partial charge in [-0.2, -0.15) is 0 Å². The number of carbonyl (C=O) groups excluding carboxylic acids is 1. The Labute approximate surface area is 194 Å². The molecule has 1 amide bonds. The molecular formula is C24H18Cl2N2O2S. The standard InChI is InChI=1S/C24H18Cl2N2O2S/c1-15-19(25)7-4-8-21(15)27-24-28-23(29)22(31-24)13-16-9-11-18(12-10-16)30-14-17-5-2-3-6-20(17)26/h2-13H,14H2,1H3,(H,27,28,29)/b22-13-. The highest BCUT2D eigenvalue weighted by molar-refractivity contribution is 8.18. The molecule has 1 aliphatic rings. The van der Waals surface area contributed by atoms with Crippen molar-refractivity contribution in [3.8, 4) is 5.75 Å². The van der Waals surface area contributed by atoms with Crippen LogP contribution in [0.15, 0.2) is 76.6 Å². The number of benzene rings is 3. The molecule has 0 radical (unpaired) electrons. The minimum Gasteiger partial charge on any atom is -0.489 e. The molecule has 1 heterocycles. The van der Waals surface area contributed by atoms with Crippen LogP contribution in [0.1, 0.15) is 16.7 Å². The third-order valence-corrected chi connectivity index (χ3v) is 6.33. The molecule has 0 saturated carbocycles. The lowest BCUT2D eigenvalue weighted by Crippen LogP contribution is -2.19. The van der Waals surface area contributed by atoms with Crippen molar-refractivity contribution in [2.75, 3.05) is 0 Å². The van der Waals surface area contributed by atoms with E-state index in [-0.39, 0.29) is 5.91 Å². The highest BCUT2D eigenvalue weighted by atomic mass is 35.5. The van der Waals surface area contributed by atoms with Crippen LogP contribution in [0.4, 0.5) is 5.69 Å². The first-order valence-corrected chi connectivity index (χ1v) is 11.1. The van der Waals surface area contributed by atoms with Crippen molar-refractivity contribution in [2.45, 2.75) is 13.5 Å². The molecule has 0 spiro atoms. The van der Waals surface area contributed by atoms with Gasteiger partial charge in [0.1, 0.15) is 12.4 Å². The Morgan fingerprint density at radius 2 is 1.74 bits per heavy atom. The summed E-state index contributed by atoms with van der Waals surface area (Å²) in [5.74, 6) is 0.548. The minimum absolute atomic E-state index is 0.178. The van der Waals surface area contributed by atoms with Crippen LogP contribution in [-0.2, 0) is 11.4 Å². The highest BCUT2D eigenvalue weighted by Gasteiger charge is 2.24. The maximum atomic E-state index is 12.3. The fraction of sp³-hybridized carbons (Fsp3) is 0.0833. The molecule has 4 rings (SSSR count). The van der Waals surface area contributed by atoms with Gasteiger partial charge in [-0.3, -0.25) is 4.79 Å². The lowest BCUT2D eigenvalue weighted by atomic mass is 10.2. The van der Waals surface area contributed by atoms with E-state index in [2.05, 4.69) is 10.3 Å². The Hall–Kier alpha value is -2.73. The van der Waals surface area contributed by atoms with Crippen molar-refractivity contribution in [3.05, 3.63) is 98.4 Å². The average molecular weight is 469 g/mol. The number of rotatable bonds is 5. The van der Waals surface area contributed by atoms with E-state index in [0.29, 0.717) is 26.7 Å². The third kappa shape index (κ3) is 5.31. The van der Waals surface area contributed by atoms with Crippen LogP contribution in [0.5, 0.6) is 5.75 Å². The number of carbonyl (C=O) groups is 1. The fourth-order valence-corrected chi connectivity index (χ4v) is 4.09. The lowest BCUT2D eigenvalue weighted by Gasteiger charge is -2.08. The second-order valence-corrected chi connectivity index (χ2v) is 8.66. The SMILES string of the molecule is Cc1c(Cl)cccc1N=C1NC(=O)/C(=C/c2ccc(OCc3ccccc3Cl)cc2)S1. The van der Waals surface area contributed by atoms with E-state index >= 15 is 0 Å². The zero-order valence-electron chi connectivity index (χ0n) is 16.6. The molecule has 1 fully saturated rings. The summed E-state index contributed by atoms with van der Waals surface area (Å²) in [6, 6.07) is 20.6. The van der Waals surface area contributed by atoms with Crippen LogP contribution in [0.2, 0.25) is 10.0 Å². The van der Waals surface area contributed by atoms with Crippen LogP contribution >= 0.6 is 35.0 Å². The first kappa shape index (κ1) is 21.5. The van der Waals surface area contributed by atoms with E-state index < -0.39 is 0 Å². The Kier molecular flexibility index (Phi) is 6.66. The number of nitrogens with zero attached hydrogens (tertiary/aromatic N) is 1. The summed E-state index contributed by atoms with van der Waals surface area (Å²) >= 11 is 13.6. The van der Waals surface area contributed by atoms with Gasteiger partial charge in [0.15, 0.2) is 5.17 Å². The Balaban J connectivity index is 1.44. The predicted octanol–water partition coefficient (Wildman–Crippen LogP) is 6.77. The number of thioether (sulfide) groups is 1. The molecule has 3 aromatic carbocycles. The van der Waals surface area contributed by atoms with Gasteiger partial charge in [-0.15, -0.1) is 0 Å². The molecule has 3 aromatic rings. The van der Waals surface area contributed by atoms with E-state index in [1.165, 1.54) is 11.8 Å². The summed E-state index contributed by atoms with van der Waals surface area (Å²) in [6.07, 6.45) is 1.82. The maximum absolute atomic E-state index is 12.3. The molecule has 0 atom stereocenters. The van der Waals surface area contributed by atoms with Gasteiger partial charge in [0.05, 0.1) is 10.6 Å². The van der Waals surface area contributed by atoms with Gasteiger partial charge in [0.2, 0.25) is 0 Å². The van der Waals surface area contributed by atoms with Gasteiger partial charge in [-0.05, 0) is 66.2 Å². The zero-order chi connectivity index (χ0) is 21.8. The number of amides is 1. The first-order chi connectivity index (χ1) is 15.0. The molecule has 4 nitrogen and oxygen atoms in total. The normalized spacial score (nSPS) is 16.0. The smallest absolute Gasteiger partial charge is 0.264 e. The van der Waals surface area contributed by atoms with Gasteiger partial charge in [-0.1, -0.05) is 59.6 Å². The summed E-state index contributed by atoms with van der Waals surface area (Å²) in [5.41, 5.74) is 3.42. The van der Waals surface area contributed by atoms with Crippen molar-refractivity contribution < 1.29 is 9.53 Å². The second-order valence-electron chi connectivity index (χ2n) is 6.81. The molecule has 1 saturated heterocycles. The molecule has 1 N–H and O–H groups in total. The number of halogens is 2. The molecule has 0 aliphatic carbocycles. The summed E-state index contributed by atoms with van der Waals surface area (Å²) in [7, 11) is 0. The number of hydrogen-bond donors (Lipinski definition) is 1. The zero-order valence-corrected chi connectivity index (χ0v) is 18.9. The minimum atomic E-state index is -0.178. The van der Waals surface area contributed by atoms with Crippen molar-refractivity contribution >= 4 is 57.8 Å². The van der Waals surface area contributed by atoms with Gasteiger partial charge < -0.3 is 10.1 Å².